The molecule has 112 valence electrons. The van der Waals surface area contributed by atoms with Crippen molar-refractivity contribution < 1.29 is 13.2 Å². The Kier molecular flexibility index (Phi) is 4.38. The molecule has 0 fully saturated rings. The summed E-state index contributed by atoms with van der Waals surface area (Å²) in [6, 6.07) is 4.73. The van der Waals surface area contributed by atoms with Gasteiger partial charge in [0.2, 0.25) is 10.0 Å². The maximum atomic E-state index is 12.2. The first kappa shape index (κ1) is 16.0. The zero-order valence-corrected chi connectivity index (χ0v) is 13.8. The second-order valence-electron chi connectivity index (χ2n) is 4.14. The maximum Gasteiger partial charge on any atom is 0.258 e. The number of halogens is 2. The lowest BCUT2D eigenvalue weighted by Gasteiger charge is -2.06. The second kappa shape index (κ2) is 5.76. The molecule has 0 aliphatic heterocycles. The van der Waals surface area contributed by atoms with Crippen LogP contribution in [-0.2, 0) is 17.1 Å². The van der Waals surface area contributed by atoms with Gasteiger partial charge in [-0.2, -0.15) is 5.10 Å². The van der Waals surface area contributed by atoms with Gasteiger partial charge in [-0.05, 0) is 18.2 Å². The molecule has 0 spiro atoms. The van der Waals surface area contributed by atoms with Crippen molar-refractivity contribution in [1.29, 1.82) is 0 Å². The highest BCUT2D eigenvalue weighted by atomic mass is 79.9. The number of hydrogen-bond acceptors (Lipinski definition) is 4. The van der Waals surface area contributed by atoms with E-state index in [0.29, 0.717) is 4.47 Å². The quantitative estimate of drug-likeness (QED) is 0.828. The molecule has 0 atom stereocenters. The predicted molar refractivity (Wildman–Crippen MR) is 81.7 cm³/mol. The number of sulfonamides is 1. The molecule has 0 saturated carbocycles. The fourth-order valence-corrected chi connectivity index (χ4v) is 2.83. The summed E-state index contributed by atoms with van der Waals surface area (Å²) in [4.78, 5) is 11.9. The molecule has 1 aromatic heterocycles. The molecule has 1 aromatic carbocycles. The fraction of sp³-hybridized carbons (Fsp3) is 0.0909. The summed E-state index contributed by atoms with van der Waals surface area (Å²) in [5, 5.41) is 11.6. The third-order valence-electron chi connectivity index (χ3n) is 2.51. The lowest BCUT2D eigenvalue weighted by Crippen LogP contribution is -2.18. The van der Waals surface area contributed by atoms with Gasteiger partial charge >= 0.3 is 0 Å². The minimum absolute atomic E-state index is 0.152. The SMILES string of the molecule is Cn1cc(S(N)(=O)=O)c(NC(=O)c2cc(Br)ccc2Cl)n1. The fourth-order valence-electron chi connectivity index (χ4n) is 1.61. The van der Waals surface area contributed by atoms with E-state index in [1.165, 1.54) is 24.0 Å². The number of aryl methyl sites for hydroxylation is 1. The van der Waals surface area contributed by atoms with Crippen LogP contribution in [0.2, 0.25) is 5.02 Å². The Hall–Kier alpha value is -1.42. The number of anilines is 1. The molecule has 0 radical (unpaired) electrons. The first-order chi connectivity index (χ1) is 9.68. The molecule has 10 heteroatoms. The molecule has 0 aliphatic carbocycles. The van der Waals surface area contributed by atoms with Crippen molar-refractivity contribution in [2.75, 3.05) is 5.32 Å². The molecule has 2 rings (SSSR count). The summed E-state index contributed by atoms with van der Waals surface area (Å²) in [5.74, 6) is -0.744. The van der Waals surface area contributed by atoms with Gasteiger partial charge in [-0.1, -0.05) is 27.5 Å². The topological polar surface area (TPSA) is 107 Å². The van der Waals surface area contributed by atoms with Gasteiger partial charge < -0.3 is 5.32 Å². The molecule has 0 bridgehead atoms. The Morgan fingerprint density at radius 2 is 2.14 bits per heavy atom. The number of hydrogen-bond donors (Lipinski definition) is 2. The smallest absolute Gasteiger partial charge is 0.258 e. The van der Waals surface area contributed by atoms with E-state index >= 15 is 0 Å². The van der Waals surface area contributed by atoms with Crippen LogP contribution in [-0.4, -0.2) is 24.1 Å². The van der Waals surface area contributed by atoms with Crippen LogP contribution in [0.3, 0.4) is 0 Å². The maximum absolute atomic E-state index is 12.2. The van der Waals surface area contributed by atoms with E-state index in [1.807, 2.05) is 0 Å². The number of rotatable bonds is 3. The Morgan fingerprint density at radius 3 is 2.76 bits per heavy atom. The third-order valence-corrected chi connectivity index (χ3v) is 4.24. The number of nitrogens with one attached hydrogen (secondary N) is 1. The van der Waals surface area contributed by atoms with Crippen molar-refractivity contribution in [3.05, 3.63) is 39.5 Å². The van der Waals surface area contributed by atoms with Crippen LogP contribution in [0, 0.1) is 0 Å². The van der Waals surface area contributed by atoms with Crippen molar-refractivity contribution in [2.45, 2.75) is 4.90 Å². The van der Waals surface area contributed by atoms with Gasteiger partial charge in [0.25, 0.3) is 5.91 Å². The molecule has 2 aromatic rings. The lowest BCUT2D eigenvalue weighted by molar-refractivity contribution is 0.102. The van der Waals surface area contributed by atoms with Crippen molar-refractivity contribution in [2.24, 2.45) is 12.2 Å². The Morgan fingerprint density at radius 1 is 1.48 bits per heavy atom. The van der Waals surface area contributed by atoms with E-state index in [-0.39, 0.29) is 21.3 Å². The lowest BCUT2D eigenvalue weighted by atomic mass is 10.2. The molecule has 3 N–H and O–H groups in total. The van der Waals surface area contributed by atoms with Crippen molar-refractivity contribution in [3.8, 4) is 0 Å². The van der Waals surface area contributed by atoms with Crippen LogP contribution in [0.25, 0.3) is 0 Å². The molecule has 0 aliphatic rings. The molecule has 0 unspecified atom stereocenters. The summed E-state index contributed by atoms with van der Waals surface area (Å²) in [5.41, 5.74) is 0.178. The van der Waals surface area contributed by atoms with Gasteiger partial charge in [0.15, 0.2) is 5.82 Å². The number of primary sulfonamides is 1. The Bertz CT molecular complexity index is 819. The largest absolute Gasteiger partial charge is 0.304 e. The van der Waals surface area contributed by atoms with Crippen LogP contribution in [0.1, 0.15) is 10.4 Å². The number of benzene rings is 1. The minimum Gasteiger partial charge on any atom is -0.304 e. The third kappa shape index (κ3) is 3.62. The van der Waals surface area contributed by atoms with Crippen LogP contribution >= 0.6 is 27.5 Å². The van der Waals surface area contributed by atoms with Crippen LogP contribution < -0.4 is 10.5 Å². The second-order valence-corrected chi connectivity index (χ2v) is 6.99. The van der Waals surface area contributed by atoms with E-state index in [4.69, 9.17) is 16.7 Å². The molecule has 0 saturated heterocycles. The highest BCUT2D eigenvalue weighted by Crippen LogP contribution is 2.23. The van der Waals surface area contributed by atoms with Gasteiger partial charge in [-0.25, -0.2) is 13.6 Å². The first-order valence-electron chi connectivity index (χ1n) is 5.51. The van der Waals surface area contributed by atoms with Gasteiger partial charge in [0.05, 0.1) is 10.6 Å². The van der Waals surface area contributed by atoms with E-state index < -0.39 is 15.9 Å². The van der Waals surface area contributed by atoms with Crippen molar-refractivity contribution in [1.82, 2.24) is 9.78 Å². The van der Waals surface area contributed by atoms with Gasteiger partial charge in [0, 0.05) is 17.7 Å². The first-order valence-corrected chi connectivity index (χ1v) is 8.23. The standard InChI is InChI=1S/C11H10BrClN4O3S/c1-17-5-9(21(14,19)20)10(16-17)15-11(18)7-4-6(12)2-3-8(7)13/h2-5H,1H3,(H2,14,19,20)(H,15,16,18). The highest BCUT2D eigenvalue weighted by molar-refractivity contribution is 9.10. The van der Waals surface area contributed by atoms with E-state index in [9.17, 15) is 13.2 Å². The number of carbonyl (C=O) groups is 1. The van der Waals surface area contributed by atoms with Crippen LogP contribution in [0.15, 0.2) is 33.8 Å². The van der Waals surface area contributed by atoms with E-state index in [0.717, 1.165) is 0 Å². The number of aromatic nitrogens is 2. The van der Waals surface area contributed by atoms with Crippen LogP contribution in [0.4, 0.5) is 5.82 Å². The van der Waals surface area contributed by atoms with E-state index in [1.54, 1.807) is 12.1 Å². The summed E-state index contributed by atoms with van der Waals surface area (Å²) in [6.45, 7) is 0. The summed E-state index contributed by atoms with van der Waals surface area (Å²) >= 11 is 9.17. The molecular weight excluding hydrogens is 384 g/mol. The summed E-state index contributed by atoms with van der Waals surface area (Å²) in [7, 11) is -2.49. The average Bonchev–Trinajstić information content (AvgIpc) is 2.73. The molecule has 21 heavy (non-hydrogen) atoms. The van der Waals surface area contributed by atoms with Crippen molar-refractivity contribution in [3.63, 3.8) is 0 Å². The summed E-state index contributed by atoms with van der Waals surface area (Å²) < 4.78 is 24.8. The molecular formula is C11H10BrClN4O3S. The molecule has 1 heterocycles. The van der Waals surface area contributed by atoms with Crippen LogP contribution in [0.5, 0.6) is 0 Å². The molecule has 1 amide bonds. The minimum atomic E-state index is -4.00. The van der Waals surface area contributed by atoms with Gasteiger partial charge in [-0.15, -0.1) is 0 Å². The predicted octanol–water partition coefficient (Wildman–Crippen LogP) is 1.74. The zero-order chi connectivity index (χ0) is 15.8. The zero-order valence-electron chi connectivity index (χ0n) is 10.7. The van der Waals surface area contributed by atoms with Gasteiger partial charge in [-0.3, -0.25) is 9.48 Å². The molecule has 7 nitrogen and oxygen atoms in total. The number of nitrogens with zero attached hydrogens (tertiary/aromatic N) is 2. The Balaban J connectivity index is 2.39. The van der Waals surface area contributed by atoms with E-state index in [2.05, 4.69) is 26.3 Å². The van der Waals surface area contributed by atoms with Gasteiger partial charge in [0.1, 0.15) is 4.90 Å². The normalized spacial score (nSPS) is 11.4. The highest BCUT2D eigenvalue weighted by Gasteiger charge is 2.21. The number of nitrogens with two attached hydrogens (primary N) is 1. The number of carbonyl (C=O) groups excluding carboxylic acids is 1. The number of amides is 1. The van der Waals surface area contributed by atoms with Crippen molar-refractivity contribution >= 4 is 49.3 Å². The Labute approximate surface area is 134 Å². The monoisotopic (exact) mass is 392 g/mol. The average molecular weight is 394 g/mol. The summed E-state index contributed by atoms with van der Waals surface area (Å²) in [6.07, 6.45) is 1.20.